The highest BCUT2D eigenvalue weighted by Crippen LogP contribution is 2.32. The molecule has 0 bridgehead atoms. The Balaban J connectivity index is 1.41. The van der Waals surface area contributed by atoms with Gasteiger partial charge in [0, 0.05) is 32.7 Å². The van der Waals surface area contributed by atoms with Crippen molar-refractivity contribution in [3.8, 4) is 5.69 Å². The molecule has 7 nitrogen and oxygen atoms in total. The SMILES string of the molecule is [C-]#[N+]c1cccc([C@H](c2nnnn2-c2c(C)cccc2C)N2CCN(C/C=C/c3ccccc3)CC2)c1. The van der Waals surface area contributed by atoms with Crippen LogP contribution in [0.25, 0.3) is 16.6 Å². The first-order chi connectivity index (χ1) is 18.1. The van der Waals surface area contributed by atoms with E-state index in [0.29, 0.717) is 5.69 Å². The predicted molar refractivity (Wildman–Crippen MR) is 147 cm³/mol. The minimum absolute atomic E-state index is 0.155. The second kappa shape index (κ2) is 11.3. The number of hydrogen-bond acceptors (Lipinski definition) is 5. The lowest BCUT2D eigenvalue weighted by Gasteiger charge is -2.38. The monoisotopic (exact) mass is 489 g/mol. The Morgan fingerprint density at radius 3 is 2.38 bits per heavy atom. The third kappa shape index (κ3) is 5.51. The maximum Gasteiger partial charge on any atom is 0.187 e. The Hall–Kier alpha value is -4.12. The number of aryl methyl sites for hydroxylation is 2. The molecule has 0 aliphatic carbocycles. The maximum absolute atomic E-state index is 7.54. The standard InChI is InChI=1S/C30H31N7/c1-23-10-7-11-24(2)28(23)37-30(32-33-34-37)29(26-15-8-16-27(22-26)31-3)36-20-18-35(19-21-36)17-9-14-25-12-5-4-6-13-25/h4-16,22,29H,17-21H2,1-2H3/b14-9+/t29-/m1/s1. The first-order valence-electron chi connectivity index (χ1n) is 12.6. The van der Waals surface area contributed by atoms with Gasteiger partial charge in [0.25, 0.3) is 0 Å². The van der Waals surface area contributed by atoms with E-state index in [-0.39, 0.29) is 6.04 Å². The van der Waals surface area contributed by atoms with Crippen molar-refractivity contribution in [2.24, 2.45) is 0 Å². The van der Waals surface area contributed by atoms with Crippen LogP contribution >= 0.6 is 0 Å². The van der Waals surface area contributed by atoms with E-state index in [4.69, 9.17) is 6.57 Å². The number of rotatable bonds is 7. The van der Waals surface area contributed by atoms with E-state index in [1.165, 1.54) is 5.56 Å². The van der Waals surface area contributed by atoms with Gasteiger partial charge in [-0.05, 0) is 46.5 Å². The summed E-state index contributed by atoms with van der Waals surface area (Å²) in [5.74, 6) is 0.775. The van der Waals surface area contributed by atoms with Gasteiger partial charge < -0.3 is 0 Å². The third-order valence-electron chi connectivity index (χ3n) is 6.95. The molecule has 7 heteroatoms. The summed E-state index contributed by atoms with van der Waals surface area (Å²) in [6, 6.07) is 24.3. The molecular formula is C30H31N7. The molecule has 0 N–H and O–H groups in total. The van der Waals surface area contributed by atoms with E-state index in [2.05, 4.69) is 105 Å². The van der Waals surface area contributed by atoms with E-state index in [1.54, 1.807) is 0 Å². The first kappa shape index (κ1) is 24.6. The average molecular weight is 490 g/mol. The molecule has 186 valence electrons. The van der Waals surface area contributed by atoms with Crippen molar-refractivity contribution in [2.75, 3.05) is 32.7 Å². The molecule has 1 saturated heterocycles. The van der Waals surface area contributed by atoms with Crippen LogP contribution in [0.5, 0.6) is 0 Å². The van der Waals surface area contributed by atoms with Crippen molar-refractivity contribution in [2.45, 2.75) is 19.9 Å². The van der Waals surface area contributed by atoms with Gasteiger partial charge in [0.1, 0.15) is 0 Å². The summed E-state index contributed by atoms with van der Waals surface area (Å²) in [6.07, 6.45) is 4.42. The molecular weight excluding hydrogens is 458 g/mol. The largest absolute Gasteiger partial charge is 0.297 e. The first-order valence-corrected chi connectivity index (χ1v) is 12.6. The topological polar surface area (TPSA) is 54.4 Å². The molecule has 0 radical (unpaired) electrons. The van der Waals surface area contributed by atoms with Gasteiger partial charge in [-0.1, -0.05) is 84.9 Å². The molecule has 2 heterocycles. The van der Waals surface area contributed by atoms with Crippen LogP contribution < -0.4 is 0 Å². The van der Waals surface area contributed by atoms with Crippen molar-refractivity contribution in [3.05, 3.63) is 118 Å². The summed E-state index contributed by atoms with van der Waals surface area (Å²) in [4.78, 5) is 8.59. The van der Waals surface area contributed by atoms with E-state index >= 15 is 0 Å². The summed E-state index contributed by atoms with van der Waals surface area (Å²) in [5, 5.41) is 13.1. The summed E-state index contributed by atoms with van der Waals surface area (Å²) < 4.78 is 1.88. The lowest BCUT2D eigenvalue weighted by atomic mass is 10.0. The molecule has 0 unspecified atom stereocenters. The quantitative estimate of drug-likeness (QED) is 0.332. The predicted octanol–water partition coefficient (Wildman–Crippen LogP) is 5.25. The van der Waals surface area contributed by atoms with E-state index < -0.39 is 0 Å². The molecule has 37 heavy (non-hydrogen) atoms. The lowest BCUT2D eigenvalue weighted by molar-refractivity contribution is 0.113. The Morgan fingerprint density at radius 1 is 0.919 bits per heavy atom. The Bertz CT molecular complexity index is 1390. The molecule has 0 spiro atoms. The zero-order valence-corrected chi connectivity index (χ0v) is 21.3. The van der Waals surface area contributed by atoms with Gasteiger partial charge in [0.05, 0.1) is 18.3 Å². The Morgan fingerprint density at radius 2 is 1.65 bits per heavy atom. The summed E-state index contributed by atoms with van der Waals surface area (Å²) in [6.45, 7) is 16.3. The molecule has 1 aromatic heterocycles. The fourth-order valence-electron chi connectivity index (χ4n) is 5.06. The lowest BCUT2D eigenvalue weighted by Crippen LogP contribution is -2.48. The highest BCUT2D eigenvalue weighted by atomic mass is 15.6. The molecule has 3 aromatic carbocycles. The summed E-state index contributed by atoms with van der Waals surface area (Å²) in [7, 11) is 0. The third-order valence-corrected chi connectivity index (χ3v) is 6.95. The molecule has 1 aliphatic rings. The molecule has 0 saturated carbocycles. The van der Waals surface area contributed by atoms with Crippen LogP contribution in [-0.2, 0) is 0 Å². The number of nitrogens with zero attached hydrogens (tertiary/aromatic N) is 7. The normalized spacial score (nSPS) is 15.6. The maximum atomic E-state index is 7.54. The van der Waals surface area contributed by atoms with Gasteiger partial charge in [-0.25, -0.2) is 4.85 Å². The van der Waals surface area contributed by atoms with Crippen LogP contribution in [-0.4, -0.2) is 62.7 Å². The number of tetrazole rings is 1. The van der Waals surface area contributed by atoms with E-state index in [0.717, 1.165) is 60.9 Å². The molecule has 4 aromatic rings. The molecule has 1 atom stereocenters. The second-order valence-corrected chi connectivity index (χ2v) is 9.45. The smallest absolute Gasteiger partial charge is 0.187 e. The van der Waals surface area contributed by atoms with Gasteiger partial charge in [-0.2, -0.15) is 4.68 Å². The average Bonchev–Trinajstić information content (AvgIpc) is 3.39. The fraction of sp³-hybridized carbons (Fsp3) is 0.267. The van der Waals surface area contributed by atoms with Gasteiger partial charge in [0.15, 0.2) is 11.5 Å². The molecule has 0 amide bonds. The zero-order chi connectivity index (χ0) is 25.6. The van der Waals surface area contributed by atoms with Crippen molar-refractivity contribution >= 4 is 11.8 Å². The van der Waals surface area contributed by atoms with Crippen LogP contribution in [0, 0.1) is 20.4 Å². The number of para-hydroxylation sites is 1. The fourth-order valence-corrected chi connectivity index (χ4v) is 5.06. The minimum atomic E-state index is -0.155. The van der Waals surface area contributed by atoms with Crippen molar-refractivity contribution in [1.82, 2.24) is 30.0 Å². The number of aromatic nitrogens is 4. The summed E-state index contributed by atoms with van der Waals surface area (Å²) >= 11 is 0. The number of benzene rings is 3. The molecule has 5 rings (SSSR count). The molecule has 1 fully saturated rings. The van der Waals surface area contributed by atoms with Crippen LogP contribution in [0.15, 0.2) is 78.9 Å². The van der Waals surface area contributed by atoms with Gasteiger partial charge in [0.2, 0.25) is 0 Å². The molecule has 1 aliphatic heterocycles. The highest BCUT2D eigenvalue weighted by Gasteiger charge is 2.31. The van der Waals surface area contributed by atoms with Crippen LogP contribution in [0.1, 0.15) is 34.1 Å². The van der Waals surface area contributed by atoms with Gasteiger partial charge in [-0.15, -0.1) is 5.10 Å². The van der Waals surface area contributed by atoms with E-state index in [1.807, 2.05) is 28.9 Å². The summed E-state index contributed by atoms with van der Waals surface area (Å²) in [5.41, 5.74) is 6.14. The Kier molecular flexibility index (Phi) is 7.50. The van der Waals surface area contributed by atoms with Crippen molar-refractivity contribution < 1.29 is 0 Å². The zero-order valence-electron chi connectivity index (χ0n) is 21.3. The number of hydrogen-bond donors (Lipinski definition) is 0. The van der Waals surface area contributed by atoms with E-state index in [9.17, 15) is 0 Å². The Labute approximate surface area is 218 Å². The minimum Gasteiger partial charge on any atom is -0.297 e. The van der Waals surface area contributed by atoms with Crippen LogP contribution in [0.4, 0.5) is 5.69 Å². The van der Waals surface area contributed by atoms with Crippen molar-refractivity contribution in [3.63, 3.8) is 0 Å². The van der Waals surface area contributed by atoms with Crippen LogP contribution in [0.2, 0.25) is 0 Å². The van der Waals surface area contributed by atoms with Gasteiger partial charge >= 0.3 is 0 Å². The van der Waals surface area contributed by atoms with Crippen LogP contribution in [0.3, 0.4) is 0 Å². The second-order valence-electron chi connectivity index (χ2n) is 9.45. The number of piperazine rings is 1. The van der Waals surface area contributed by atoms with Crippen molar-refractivity contribution in [1.29, 1.82) is 0 Å². The highest BCUT2D eigenvalue weighted by molar-refractivity contribution is 5.50. The van der Waals surface area contributed by atoms with Gasteiger partial charge in [-0.3, -0.25) is 9.80 Å².